The first-order chi connectivity index (χ1) is 12.8. The molecule has 8 nitrogen and oxygen atoms in total. The summed E-state index contributed by atoms with van der Waals surface area (Å²) in [6.45, 7) is 5.35. The molecule has 0 spiro atoms. The molecule has 1 aliphatic carbocycles. The van der Waals surface area contributed by atoms with E-state index in [1.807, 2.05) is 13.8 Å². The van der Waals surface area contributed by atoms with Crippen molar-refractivity contribution in [2.24, 2.45) is 18.4 Å². The third-order valence-corrected chi connectivity index (χ3v) is 7.78. The molecular formula is C18H25N5O3S. The summed E-state index contributed by atoms with van der Waals surface area (Å²) in [5, 5.41) is 0.114. The molecule has 146 valence electrons. The molecule has 27 heavy (non-hydrogen) atoms. The van der Waals surface area contributed by atoms with Crippen LogP contribution in [-0.2, 0) is 17.1 Å². The van der Waals surface area contributed by atoms with Crippen molar-refractivity contribution in [1.29, 1.82) is 0 Å². The summed E-state index contributed by atoms with van der Waals surface area (Å²) in [7, 11) is -1.81. The maximum atomic E-state index is 13.0. The van der Waals surface area contributed by atoms with Crippen LogP contribution in [0.15, 0.2) is 23.9 Å². The molecule has 4 rings (SSSR count). The molecule has 2 unspecified atom stereocenters. The molecule has 2 aliphatic rings. The van der Waals surface area contributed by atoms with Gasteiger partial charge in [0.05, 0.1) is 12.9 Å². The largest absolute Gasteiger partial charge is 0.477 e. The Morgan fingerprint density at radius 3 is 2.85 bits per heavy atom. The molecule has 1 saturated carbocycles. The minimum atomic E-state index is -3.58. The summed E-state index contributed by atoms with van der Waals surface area (Å²) in [4.78, 5) is 12.5. The highest BCUT2D eigenvalue weighted by Gasteiger charge is 2.53. The number of fused-ring (bicyclic) bond motifs is 1. The second-order valence-corrected chi connectivity index (χ2v) is 9.69. The zero-order valence-electron chi connectivity index (χ0n) is 15.9. The highest BCUT2D eigenvalue weighted by Crippen LogP contribution is 2.50. The zero-order valence-corrected chi connectivity index (χ0v) is 16.7. The van der Waals surface area contributed by atoms with Gasteiger partial charge in [-0.2, -0.15) is 4.31 Å². The van der Waals surface area contributed by atoms with E-state index in [0.29, 0.717) is 31.5 Å². The third-order valence-electron chi connectivity index (χ3n) is 6.08. The fraction of sp³-hybridized carbons (Fsp3) is 0.611. The second kappa shape index (κ2) is 6.56. The van der Waals surface area contributed by atoms with Crippen LogP contribution >= 0.6 is 0 Å². The minimum absolute atomic E-state index is 0.114. The van der Waals surface area contributed by atoms with Crippen LogP contribution < -0.4 is 4.74 Å². The fourth-order valence-electron chi connectivity index (χ4n) is 4.31. The van der Waals surface area contributed by atoms with Crippen LogP contribution in [0.1, 0.15) is 30.5 Å². The topological polar surface area (TPSA) is 90.2 Å². The number of aryl methyl sites for hydroxylation is 2. The number of rotatable bonds is 5. The van der Waals surface area contributed by atoms with Gasteiger partial charge in [-0.05, 0) is 32.6 Å². The van der Waals surface area contributed by atoms with Crippen molar-refractivity contribution < 1.29 is 13.2 Å². The highest BCUT2D eigenvalue weighted by molar-refractivity contribution is 7.89. The molecule has 0 bridgehead atoms. The summed E-state index contributed by atoms with van der Waals surface area (Å²) < 4.78 is 35.3. The molecule has 9 heteroatoms. The molecule has 2 aromatic rings. The van der Waals surface area contributed by atoms with Crippen molar-refractivity contribution >= 4 is 10.0 Å². The Balaban J connectivity index is 1.54. The van der Waals surface area contributed by atoms with Gasteiger partial charge in [0.2, 0.25) is 5.88 Å². The monoisotopic (exact) mass is 391 g/mol. The predicted octanol–water partition coefficient (Wildman–Crippen LogP) is 1.70. The lowest BCUT2D eigenvalue weighted by Crippen LogP contribution is -2.36. The average Bonchev–Trinajstić information content (AvgIpc) is 3.30. The summed E-state index contributed by atoms with van der Waals surface area (Å²) in [5.41, 5.74) is 1.67. The van der Waals surface area contributed by atoms with E-state index >= 15 is 0 Å². The van der Waals surface area contributed by atoms with Crippen molar-refractivity contribution in [1.82, 2.24) is 23.8 Å². The number of imidazole rings is 1. The first kappa shape index (κ1) is 18.4. The van der Waals surface area contributed by atoms with Crippen LogP contribution in [-0.4, -0.2) is 51.9 Å². The van der Waals surface area contributed by atoms with E-state index in [1.165, 1.54) is 12.7 Å². The minimum Gasteiger partial charge on any atom is -0.477 e. The van der Waals surface area contributed by atoms with Gasteiger partial charge in [-0.25, -0.2) is 23.4 Å². The lowest BCUT2D eigenvalue weighted by molar-refractivity contribution is 0.129. The number of sulfonamides is 1. The Bertz CT molecular complexity index is 958. The van der Waals surface area contributed by atoms with Gasteiger partial charge in [0.1, 0.15) is 6.33 Å². The van der Waals surface area contributed by atoms with Gasteiger partial charge in [0, 0.05) is 43.0 Å². The van der Waals surface area contributed by atoms with E-state index in [0.717, 1.165) is 30.5 Å². The molecule has 1 aliphatic heterocycles. The van der Waals surface area contributed by atoms with Crippen molar-refractivity contribution in [3.05, 3.63) is 30.1 Å². The SMILES string of the molecule is Cc1ncnc(OCC23CCCC2CN(S(=O)(=O)c2cn(C)cn2)C3)c1C. The van der Waals surface area contributed by atoms with Crippen molar-refractivity contribution in [2.75, 3.05) is 19.7 Å². The van der Waals surface area contributed by atoms with Crippen LogP contribution in [0.3, 0.4) is 0 Å². The molecule has 3 heterocycles. The first-order valence-electron chi connectivity index (χ1n) is 9.21. The van der Waals surface area contributed by atoms with Crippen LogP contribution in [0.5, 0.6) is 5.88 Å². The van der Waals surface area contributed by atoms with E-state index in [4.69, 9.17) is 4.74 Å². The maximum Gasteiger partial charge on any atom is 0.262 e. The Morgan fingerprint density at radius 1 is 1.30 bits per heavy atom. The number of ether oxygens (including phenoxy) is 1. The van der Waals surface area contributed by atoms with Crippen molar-refractivity contribution in [2.45, 2.75) is 38.1 Å². The summed E-state index contributed by atoms with van der Waals surface area (Å²) >= 11 is 0. The van der Waals surface area contributed by atoms with E-state index in [1.54, 1.807) is 22.1 Å². The van der Waals surface area contributed by atoms with E-state index in [9.17, 15) is 8.42 Å². The summed E-state index contributed by atoms with van der Waals surface area (Å²) in [6, 6.07) is 0. The Labute approximate surface area is 159 Å². The van der Waals surface area contributed by atoms with E-state index in [-0.39, 0.29) is 10.4 Å². The van der Waals surface area contributed by atoms with Gasteiger partial charge < -0.3 is 9.30 Å². The second-order valence-electron chi connectivity index (χ2n) is 7.80. The summed E-state index contributed by atoms with van der Waals surface area (Å²) in [6.07, 6.45) is 7.68. The van der Waals surface area contributed by atoms with Crippen LogP contribution in [0.2, 0.25) is 0 Å². The molecule has 0 amide bonds. The Kier molecular flexibility index (Phi) is 4.46. The predicted molar refractivity (Wildman–Crippen MR) is 98.7 cm³/mol. The van der Waals surface area contributed by atoms with Gasteiger partial charge in [-0.15, -0.1) is 0 Å². The lowest BCUT2D eigenvalue weighted by Gasteiger charge is -2.28. The van der Waals surface area contributed by atoms with Gasteiger partial charge >= 0.3 is 0 Å². The van der Waals surface area contributed by atoms with E-state index < -0.39 is 10.0 Å². The van der Waals surface area contributed by atoms with Crippen molar-refractivity contribution in [3.63, 3.8) is 0 Å². The number of hydrogen-bond acceptors (Lipinski definition) is 6. The number of aromatic nitrogens is 4. The first-order valence-corrected chi connectivity index (χ1v) is 10.6. The van der Waals surface area contributed by atoms with Gasteiger partial charge in [0.25, 0.3) is 10.0 Å². The molecule has 2 fully saturated rings. The van der Waals surface area contributed by atoms with E-state index in [2.05, 4.69) is 15.0 Å². The van der Waals surface area contributed by atoms with Crippen LogP contribution in [0, 0.1) is 25.2 Å². The Hall–Kier alpha value is -2.00. The van der Waals surface area contributed by atoms with Crippen molar-refractivity contribution in [3.8, 4) is 5.88 Å². The molecule has 2 atom stereocenters. The standard InChI is InChI=1S/C18H25N5O3S/c1-13-14(2)19-11-20-17(13)26-10-18-6-4-5-15(18)7-23(9-18)27(24,25)16-8-22(3)12-21-16/h8,11-12,15H,4-7,9-10H2,1-3H3. The highest BCUT2D eigenvalue weighted by atomic mass is 32.2. The quantitative estimate of drug-likeness (QED) is 0.771. The van der Waals surface area contributed by atoms with Gasteiger partial charge in [0.15, 0.2) is 5.03 Å². The average molecular weight is 391 g/mol. The fourth-order valence-corrected chi connectivity index (χ4v) is 5.86. The Morgan fingerprint density at radius 2 is 2.11 bits per heavy atom. The molecule has 0 aromatic carbocycles. The molecular weight excluding hydrogens is 366 g/mol. The lowest BCUT2D eigenvalue weighted by atomic mass is 9.82. The maximum absolute atomic E-state index is 13.0. The molecule has 0 radical (unpaired) electrons. The number of nitrogens with zero attached hydrogens (tertiary/aromatic N) is 5. The molecule has 2 aromatic heterocycles. The number of hydrogen-bond donors (Lipinski definition) is 0. The van der Waals surface area contributed by atoms with Crippen LogP contribution in [0.25, 0.3) is 0 Å². The smallest absolute Gasteiger partial charge is 0.262 e. The molecule has 0 N–H and O–H groups in total. The summed E-state index contributed by atoms with van der Waals surface area (Å²) in [5.74, 6) is 0.896. The van der Waals surface area contributed by atoms with Gasteiger partial charge in [-0.3, -0.25) is 0 Å². The molecule has 1 saturated heterocycles. The zero-order chi connectivity index (χ0) is 19.2. The van der Waals surface area contributed by atoms with Crippen LogP contribution in [0.4, 0.5) is 0 Å². The van der Waals surface area contributed by atoms with Gasteiger partial charge in [-0.1, -0.05) is 6.42 Å². The normalized spacial score (nSPS) is 25.7. The third kappa shape index (κ3) is 3.12.